The fourth-order valence-corrected chi connectivity index (χ4v) is 4.95. The number of ether oxygens (including phenoxy) is 1. The first-order valence-corrected chi connectivity index (χ1v) is 9.06. The molecule has 0 amide bonds. The molecular weight excluding hydrogens is 312 g/mol. The molecule has 2 unspecified atom stereocenters. The lowest BCUT2D eigenvalue weighted by Gasteiger charge is -2.53. The van der Waals surface area contributed by atoms with Crippen LogP contribution in [-0.2, 0) is 6.42 Å². The highest BCUT2D eigenvalue weighted by Crippen LogP contribution is 2.55. The molecule has 0 heterocycles. The third-order valence-corrected chi connectivity index (χ3v) is 6.62. The molecule has 3 rings (SSSR count). The van der Waals surface area contributed by atoms with E-state index < -0.39 is 0 Å². The highest BCUT2D eigenvalue weighted by atomic mass is 79.9. The molecular formula is C18H25BrO. The average Bonchev–Trinajstić information content (AvgIpc) is 2.76. The minimum absolute atomic E-state index is 0.403. The standard InChI is InChI=1S/C18H25BrO/c1-2-14-7-9-15(10-8-14)20-17-13-16(19)18(17)11-5-3-4-6-12-18/h7-10,16-17H,2-6,11-13H2,1H3. The fourth-order valence-electron chi connectivity index (χ4n) is 3.85. The van der Waals surface area contributed by atoms with Gasteiger partial charge in [-0.05, 0) is 43.4 Å². The van der Waals surface area contributed by atoms with Crippen LogP contribution in [0.4, 0.5) is 0 Å². The van der Waals surface area contributed by atoms with Crippen molar-refractivity contribution in [2.24, 2.45) is 5.41 Å². The van der Waals surface area contributed by atoms with Gasteiger partial charge in [-0.25, -0.2) is 0 Å². The summed E-state index contributed by atoms with van der Waals surface area (Å²) in [6.07, 6.45) is 10.9. The van der Waals surface area contributed by atoms with Gasteiger partial charge in [0.05, 0.1) is 0 Å². The summed E-state index contributed by atoms with van der Waals surface area (Å²) in [4.78, 5) is 0.660. The third-order valence-electron chi connectivity index (χ3n) is 5.33. The molecule has 2 saturated carbocycles. The first kappa shape index (κ1) is 14.4. The molecule has 0 radical (unpaired) electrons. The van der Waals surface area contributed by atoms with Crippen molar-refractivity contribution in [1.82, 2.24) is 0 Å². The molecule has 1 aromatic carbocycles. The summed E-state index contributed by atoms with van der Waals surface area (Å²) in [5.74, 6) is 1.05. The van der Waals surface area contributed by atoms with E-state index in [1.807, 2.05) is 0 Å². The van der Waals surface area contributed by atoms with Crippen LogP contribution in [0.25, 0.3) is 0 Å². The Labute approximate surface area is 131 Å². The van der Waals surface area contributed by atoms with E-state index >= 15 is 0 Å². The Morgan fingerprint density at radius 2 is 1.75 bits per heavy atom. The molecule has 20 heavy (non-hydrogen) atoms. The van der Waals surface area contributed by atoms with Crippen LogP contribution in [0.15, 0.2) is 24.3 Å². The monoisotopic (exact) mass is 336 g/mol. The lowest BCUT2D eigenvalue weighted by molar-refractivity contribution is -0.0462. The van der Waals surface area contributed by atoms with Gasteiger partial charge in [-0.15, -0.1) is 0 Å². The highest BCUT2D eigenvalue weighted by molar-refractivity contribution is 9.09. The Kier molecular flexibility index (Phi) is 4.40. The van der Waals surface area contributed by atoms with E-state index in [-0.39, 0.29) is 0 Å². The summed E-state index contributed by atoms with van der Waals surface area (Å²) in [6, 6.07) is 8.67. The molecule has 2 atom stereocenters. The fraction of sp³-hybridized carbons (Fsp3) is 0.667. The lowest BCUT2D eigenvalue weighted by atomic mass is 9.61. The number of halogens is 1. The molecule has 2 aliphatic carbocycles. The second-order valence-corrected chi connectivity index (χ2v) is 7.56. The normalized spacial score (nSPS) is 28.7. The van der Waals surface area contributed by atoms with E-state index in [0.717, 1.165) is 18.6 Å². The maximum absolute atomic E-state index is 6.34. The summed E-state index contributed by atoms with van der Waals surface area (Å²) in [7, 11) is 0. The molecule has 0 aromatic heterocycles. The number of aryl methyl sites for hydroxylation is 1. The van der Waals surface area contributed by atoms with Gasteiger partial charge in [-0.2, -0.15) is 0 Å². The van der Waals surface area contributed by atoms with Crippen molar-refractivity contribution < 1.29 is 4.74 Å². The number of benzene rings is 1. The van der Waals surface area contributed by atoms with E-state index in [1.165, 1.54) is 44.1 Å². The van der Waals surface area contributed by atoms with Crippen molar-refractivity contribution in [2.45, 2.75) is 69.2 Å². The number of alkyl halides is 1. The Morgan fingerprint density at radius 3 is 2.30 bits per heavy atom. The first-order chi connectivity index (χ1) is 9.74. The van der Waals surface area contributed by atoms with Gasteiger partial charge < -0.3 is 4.74 Å². The maximum Gasteiger partial charge on any atom is 0.119 e. The smallest absolute Gasteiger partial charge is 0.119 e. The number of rotatable bonds is 3. The van der Waals surface area contributed by atoms with E-state index in [2.05, 4.69) is 47.1 Å². The zero-order chi connectivity index (χ0) is 14.0. The minimum atomic E-state index is 0.403. The summed E-state index contributed by atoms with van der Waals surface area (Å²) in [6.45, 7) is 2.19. The first-order valence-electron chi connectivity index (χ1n) is 8.14. The largest absolute Gasteiger partial charge is 0.490 e. The zero-order valence-corrected chi connectivity index (χ0v) is 14.0. The van der Waals surface area contributed by atoms with Gasteiger partial charge in [-0.3, -0.25) is 0 Å². The molecule has 2 fully saturated rings. The van der Waals surface area contributed by atoms with E-state index in [4.69, 9.17) is 4.74 Å². The Bertz CT molecular complexity index is 431. The van der Waals surface area contributed by atoms with Gasteiger partial charge in [0.2, 0.25) is 0 Å². The summed E-state index contributed by atoms with van der Waals surface area (Å²) in [5.41, 5.74) is 1.79. The number of hydrogen-bond donors (Lipinski definition) is 0. The van der Waals surface area contributed by atoms with Crippen molar-refractivity contribution in [1.29, 1.82) is 0 Å². The molecule has 0 saturated heterocycles. The van der Waals surface area contributed by atoms with Gasteiger partial charge in [0, 0.05) is 10.2 Å². The minimum Gasteiger partial charge on any atom is -0.490 e. The second kappa shape index (κ2) is 6.09. The van der Waals surface area contributed by atoms with Gasteiger partial charge in [0.15, 0.2) is 0 Å². The van der Waals surface area contributed by atoms with E-state index in [9.17, 15) is 0 Å². The van der Waals surface area contributed by atoms with Crippen molar-refractivity contribution in [3.63, 3.8) is 0 Å². The predicted molar refractivity (Wildman–Crippen MR) is 87.7 cm³/mol. The van der Waals surface area contributed by atoms with Gasteiger partial charge in [-0.1, -0.05) is 60.7 Å². The van der Waals surface area contributed by atoms with E-state index in [0.29, 0.717) is 16.3 Å². The summed E-state index contributed by atoms with van der Waals surface area (Å²) < 4.78 is 6.34. The van der Waals surface area contributed by atoms with Crippen molar-refractivity contribution in [3.8, 4) is 5.75 Å². The molecule has 0 aliphatic heterocycles. The van der Waals surface area contributed by atoms with Crippen molar-refractivity contribution in [3.05, 3.63) is 29.8 Å². The van der Waals surface area contributed by atoms with Gasteiger partial charge >= 0.3 is 0 Å². The molecule has 2 aliphatic rings. The van der Waals surface area contributed by atoms with Gasteiger partial charge in [0.25, 0.3) is 0 Å². The van der Waals surface area contributed by atoms with Crippen molar-refractivity contribution >= 4 is 15.9 Å². The van der Waals surface area contributed by atoms with Crippen LogP contribution in [0.2, 0.25) is 0 Å². The van der Waals surface area contributed by atoms with Crippen LogP contribution in [0.3, 0.4) is 0 Å². The zero-order valence-electron chi connectivity index (χ0n) is 12.4. The lowest BCUT2D eigenvalue weighted by Crippen LogP contribution is -2.56. The highest BCUT2D eigenvalue weighted by Gasteiger charge is 2.54. The molecule has 110 valence electrons. The van der Waals surface area contributed by atoms with Crippen LogP contribution in [0.1, 0.15) is 57.4 Å². The summed E-state index contributed by atoms with van der Waals surface area (Å²) >= 11 is 3.91. The molecule has 1 spiro atoms. The molecule has 2 heteroatoms. The molecule has 1 aromatic rings. The topological polar surface area (TPSA) is 9.23 Å². The quantitative estimate of drug-likeness (QED) is 0.661. The maximum atomic E-state index is 6.34. The number of hydrogen-bond acceptors (Lipinski definition) is 1. The van der Waals surface area contributed by atoms with Crippen LogP contribution in [-0.4, -0.2) is 10.9 Å². The van der Waals surface area contributed by atoms with Gasteiger partial charge in [0.1, 0.15) is 11.9 Å². The predicted octanol–water partition coefficient (Wildman–Crippen LogP) is 5.50. The van der Waals surface area contributed by atoms with Crippen LogP contribution in [0, 0.1) is 5.41 Å². The van der Waals surface area contributed by atoms with Crippen LogP contribution in [0.5, 0.6) is 5.75 Å². The van der Waals surface area contributed by atoms with Crippen LogP contribution < -0.4 is 4.74 Å². The molecule has 1 nitrogen and oxygen atoms in total. The SMILES string of the molecule is CCc1ccc(OC2CC(Br)C23CCCCCC3)cc1. The molecule has 0 N–H and O–H groups in total. The molecule has 0 bridgehead atoms. The average molecular weight is 337 g/mol. The van der Waals surface area contributed by atoms with E-state index in [1.54, 1.807) is 0 Å². The van der Waals surface area contributed by atoms with Crippen molar-refractivity contribution in [2.75, 3.05) is 0 Å². The Morgan fingerprint density at radius 1 is 1.10 bits per heavy atom. The summed E-state index contributed by atoms with van der Waals surface area (Å²) in [5, 5.41) is 0. The Balaban J connectivity index is 1.69. The van der Waals surface area contributed by atoms with Crippen LogP contribution >= 0.6 is 15.9 Å². The second-order valence-electron chi connectivity index (χ2n) is 6.45. The third kappa shape index (κ3) is 2.64. The Hall–Kier alpha value is -0.500.